The first-order valence-electron chi connectivity index (χ1n) is 6.61. The summed E-state index contributed by atoms with van der Waals surface area (Å²) in [6.45, 7) is 2.59. The molecule has 0 heterocycles. The van der Waals surface area contributed by atoms with Crippen molar-refractivity contribution in [1.82, 2.24) is 5.32 Å². The highest BCUT2D eigenvalue weighted by Crippen LogP contribution is 2.14. The molecule has 0 radical (unpaired) electrons. The largest absolute Gasteiger partial charge is 0.399 e. The molecule has 0 aliphatic carbocycles. The number of benzene rings is 2. The Morgan fingerprint density at radius 2 is 1.65 bits per heavy atom. The van der Waals surface area contributed by atoms with Gasteiger partial charge in [-0.3, -0.25) is 4.79 Å². The number of hydrogen-bond acceptors (Lipinski definition) is 3. The number of carbonyl (C=O) groups is 1. The zero-order chi connectivity index (χ0) is 14.5. The van der Waals surface area contributed by atoms with E-state index >= 15 is 0 Å². The van der Waals surface area contributed by atoms with Crippen LogP contribution in [-0.4, -0.2) is 5.91 Å². The fourth-order valence-electron chi connectivity index (χ4n) is 2.16. The van der Waals surface area contributed by atoms with Crippen molar-refractivity contribution in [2.75, 3.05) is 11.5 Å². The molecule has 0 aliphatic heterocycles. The third-order valence-electron chi connectivity index (χ3n) is 3.18. The van der Waals surface area contributed by atoms with Gasteiger partial charge in [0.1, 0.15) is 0 Å². The molecule has 0 bridgehead atoms. The predicted octanol–water partition coefficient (Wildman–Crippen LogP) is 2.34. The predicted molar refractivity (Wildman–Crippen MR) is 82.3 cm³/mol. The van der Waals surface area contributed by atoms with E-state index in [0.29, 0.717) is 23.5 Å². The van der Waals surface area contributed by atoms with Gasteiger partial charge in [0.25, 0.3) is 5.91 Å². The van der Waals surface area contributed by atoms with Crippen LogP contribution in [0.4, 0.5) is 11.4 Å². The molecule has 20 heavy (non-hydrogen) atoms. The van der Waals surface area contributed by atoms with Crippen LogP contribution in [0.15, 0.2) is 42.5 Å². The lowest BCUT2D eigenvalue weighted by Crippen LogP contribution is -2.23. The van der Waals surface area contributed by atoms with Crippen LogP contribution in [0, 0.1) is 0 Å². The first-order valence-corrected chi connectivity index (χ1v) is 6.61. The van der Waals surface area contributed by atoms with Crippen molar-refractivity contribution in [1.29, 1.82) is 0 Å². The first kappa shape index (κ1) is 13.9. The van der Waals surface area contributed by atoms with Gasteiger partial charge >= 0.3 is 0 Å². The molecule has 5 N–H and O–H groups in total. The Hall–Kier alpha value is -2.49. The summed E-state index contributed by atoms with van der Waals surface area (Å²) in [5.41, 5.74) is 15.2. The summed E-state index contributed by atoms with van der Waals surface area (Å²) in [7, 11) is 0. The molecule has 0 aromatic heterocycles. The van der Waals surface area contributed by atoms with Gasteiger partial charge in [0, 0.05) is 23.5 Å². The highest BCUT2D eigenvalue weighted by atomic mass is 16.1. The Kier molecular flexibility index (Phi) is 4.25. The molecule has 2 rings (SSSR count). The summed E-state index contributed by atoms with van der Waals surface area (Å²) in [4.78, 5) is 12.1. The Balaban J connectivity index is 2.08. The standard InChI is InChI=1S/C16H19N3O/c1-2-11-5-3-4-6-12(11)10-19-16(20)13-7-14(17)9-15(18)8-13/h3-9H,2,10,17-18H2,1H3,(H,19,20). The zero-order valence-corrected chi connectivity index (χ0v) is 11.5. The molecule has 0 unspecified atom stereocenters. The van der Waals surface area contributed by atoms with E-state index in [-0.39, 0.29) is 5.91 Å². The minimum atomic E-state index is -0.171. The second kappa shape index (κ2) is 6.10. The van der Waals surface area contributed by atoms with Gasteiger partial charge in [0.15, 0.2) is 0 Å². The SMILES string of the molecule is CCc1ccccc1CNC(=O)c1cc(N)cc(N)c1. The Bertz CT molecular complexity index is 603. The van der Waals surface area contributed by atoms with E-state index in [1.807, 2.05) is 18.2 Å². The normalized spacial score (nSPS) is 10.2. The molecule has 0 aliphatic rings. The maximum atomic E-state index is 12.1. The minimum Gasteiger partial charge on any atom is -0.399 e. The van der Waals surface area contributed by atoms with Crippen molar-refractivity contribution < 1.29 is 4.79 Å². The van der Waals surface area contributed by atoms with Crippen LogP contribution in [0.5, 0.6) is 0 Å². The molecule has 0 saturated heterocycles. The van der Waals surface area contributed by atoms with Crippen LogP contribution in [0.1, 0.15) is 28.4 Å². The van der Waals surface area contributed by atoms with Gasteiger partial charge in [0.05, 0.1) is 0 Å². The van der Waals surface area contributed by atoms with Gasteiger partial charge in [0.2, 0.25) is 0 Å². The molecule has 2 aromatic carbocycles. The molecule has 0 fully saturated rings. The molecule has 1 amide bonds. The topological polar surface area (TPSA) is 81.1 Å². The van der Waals surface area contributed by atoms with E-state index < -0.39 is 0 Å². The van der Waals surface area contributed by atoms with E-state index in [1.54, 1.807) is 18.2 Å². The van der Waals surface area contributed by atoms with Gasteiger partial charge in [-0.2, -0.15) is 0 Å². The fraction of sp³-hybridized carbons (Fsp3) is 0.188. The van der Waals surface area contributed by atoms with Crippen LogP contribution in [0.2, 0.25) is 0 Å². The molecule has 2 aromatic rings. The maximum absolute atomic E-state index is 12.1. The number of hydrogen-bond donors (Lipinski definition) is 3. The van der Waals surface area contributed by atoms with E-state index in [9.17, 15) is 4.79 Å². The lowest BCUT2D eigenvalue weighted by molar-refractivity contribution is 0.0951. The van der Waals surface area contributed by atoms with Crippen molar-refractivity contribution in [2.24, 2.45) is 0 Å². The van der Waals surface area contributed by atoms with Gasteiger partial charge in [-0.25, -0.2) is 0 Å². The summed E-state index contributed by atoms with van der Waals surface area (Å²) in [6.07, 6.45) is 0.942. The van der Waals surface area contributed by atoms with Crippen molar-refractivity contribution in [3.8, 4) is 0 Å². The van der Waals surface area contributed by atoms with Crippen LogP contribution in [0.3, 0.4) is 0 Å². The number of anilines is 2. The molecular formula is C16H19N3O. The molecule has 0 atom stereocenters. The van der Waals surface area contributed by atoms with E-state index in [2.05, 4.69) is 18.3 Å². The van der Waals surface area contributed by atoms with Crippen molar-refractivity contribution in [2.45, 2.75) is 19.9 Å². The van der Waals surface area contributed by atoms with Crippen LogP contribution in [-0.2, 0) is 13.0 Å². The number of nitrogens with two attached hydrogens (primary N) is 2. The molecule has 0 saturated carbocycles. The smallest absolute Gasteiger partial charge is 0.251 e. The molecule has 4 heteroatoms. The summed E-state index contributed by atoms with van der Waals surface area (Å²) in [5, 5.41) is 2.89. The average Bonchev–Trinajstić information content (AvgIpc) is 2.44. The van der Waals surface area contributed by atoms with Crippen molar-refractivity contribution in [3.63, 3.8) is 0 Å². The monoisotopic (exact) mass is 269 g/mol. The Morgan fingerprint density at radius 1 is 1.05 bits per heavy atom. The number of rotatable bonds is 4. The van der Waals surface area contributed by atoms with Crippen LogP contribution >= 0.6 is 0 Å². The Labute approximate surface area is 118 Å². The maximum Gasteiger partial charge on any atom is 0.251 e. The lowest BCUT2D eigenvalue weighted by Gasteiger charge is -2.10. The average molecular weight is 269 g/mol. The fourth-order valence-corrected chi connectivity index (χ4v) is 2.16. The van der Waals surface area contributed by atoms with E-state index in [0.717, 1.165) is 12.0 Å². The lowest BCUT2D eigenvalue weighted by atomic mass is 10.1. The van der Waals surface area contributed by atoms with E-state index in [1.165, 1.54) is 5.56 Å². The van der Waals surface area contributed by atoms with Gasteiger partial charge in [-0.1, -0.05) is 31.2 Å². The van der Waals surface area contributed by atoms with Gasteiger partial charge in [-0.05, 0) is 35.7 Å². The summed E-state index contributed by atoms with van der Waals surface area (Å²) < 4.78 is 0. The molecular weight excluding hydrogens is 250 g/mol. The second-order valence-corrected chi connectivity index (χ2v) is 4.69. The highest BCUT2D eigenvalue weighted by Gasteiger charge is 2.08. The number of nitrogens with one attached hydrogen (secondary N) is 1. The second-order valence-electron chi connectivity index (χ2n) is 4.69. The summed E-state index contributed by atoms with van der Waals surface area (Å²) in [5.74, 6) is -0.171. The zero-order valence-electron chi connectivity index (χ0n) is 11.5. The van der Waals surface area contributed by atoms with Crippen molar-refractivity contribution >= 4 is 17.3 Å². The number of amides is 1. The molecule has 4 nitrogen and oxygen atoms in total. The van der Waals surface area contributed by atoms with Crippen LogP contribution in [0.25, 0.3) is 0 Å². The first-order chi connectivity index (χ1) is 9.60. The van der Waals surface area contributed by atoms with Gasteiger partial charge in [-0.15, -0.1) is 0 Å². The Morgan fingerprint density at radius 3 is 2.25 bits per heavy atom. The van der Waals surface area contributed by atoms with E-state index in [4.69, 9.17) is 11.5 Å². The van der Waals surface area contributed by atoms with Gasteiger partial charge < -0.3 is 16.8 Å². The molecule has 0 spiro atoms. The summed E-state index contributed by atoms with van der Waals surface area (Å²) in [6, 6.07) is 12.9. The minimum absolute atomic E-state index is 0.171. The third kappa shape index (κ3) is 3.29. The van der Waals surface area contributed by atoms with Crippen molar-refractivity contribution in [3.05, 3.63) is 59.2 Å². The number of carbonyl (C=O) groups excluding carboxylic acids is 1. The molecule has 104 valence electrons. The quantitative estimate of drug-likeness (QED) is 0.745. The third-order valence-corrected chi connectivity index (χ3v) is 3.18. The number of nitrogen functional groups attached to an aromatic ring is 2. The number of aryl methyl sites for hydroxylation is 1. The summed E-state index contributed by atoms with van der Waals surface area (Å²) >= 11 is 0. The van der Waals surface area contributed by atoms with Crippen LogP contribution < -0.4 is 16.8 Å². The highest BCUT2D eigenvalue weighted by molar-refractivity contribution is 5.96.